The highest BCUT2D eigenvalue weighted by atomic mass is 32.2. The van der Waals surface area contributed by atoms with Crippen molar-refractivity contribution in [2.24, 2.45) is 0 Å². The highest BCUT2D eigenvalue weighted by Crippen LogP contribution is 2.29. The quantitative estimate of drug-likeness (QED) is 0.616. The lowest BCUT2D eigenvalue weighted by molar-refractivity contribution is -0.119. The third kappa shape index (κ3) is 4.17. The Morgan fingerprint density at radius 3 is 2.42 bits per heavy atom. The zero-order chi connectivity index (χ0) is 22.0. The zero-order valence-electron chi connectivity index (χ0n) is 16.9. The van der Waals surface area contributed by atoms with Gasteiger partial charge in [-0.05, 0) is 60.0 Å². The number of sulfonamides is 1. The SMILES string of the molecule is COC(=O)c1ccc(NC(=O)C2CCCN2S(=O)(=O)c2ccc3ccccc3c2)cc1. The fourth-order valence-electron chi connectivity index (χ4n) is 3.79. The van der Waals surface area contributed by atoms with Gasteiger partial charge in [0.25, 0.3) is 0 Å². The smallest absolute Gasteiger partial charge is 0.337 e. The van der Waals surface area contributed by atoms with E-state index in [-0.39, 0.29) is 11.4 Å². The molecule has 31 heavy (non-hydrogen) atoms. The van der Waals surface area contributed by atoms with Crippen molar-refractivity contribution in [2.75, 3.05) is 19.0 Å². The first-order chi connectivity index (χ1) is 14.9. The van der Waals surface area contributed by atoms with Crippen LogP contribution in [0.2, 0.25) is 0 Å². The van der Waals surface area contributed by atoms with Crippen LogP contribution in [0, 0.1) is 0 Å². The van der Waals surface area contributed by atoms with Crippen molar-refractivity contribution in [3.63, 3.8) is 0 Å². The predicted molar refractivity (Wildman–Crippen MR) is 117 cm³/mol. The van der Waals surface area contributed by atoms with Gasteiger partial charge >= 0.3 is 5.97 Å². The van der Waals surface area contributed by atoms with Crippen molar-refractivity contribution in [1.82, 2.24) is 4.31 Å². The third-order valence-electron chi connectivity index (χ3n) is 5.41. The molecule has 1 amide bonds. The molecular formula is C23H22N2O5S. The Bertz CT molecular complexity index is 1240. The summed E-state index contributed by atoms with van der Waals surface area (Å²) >= 11 is 0. The van der Waals surface area contributed by atoms with Crippen molar-refractivity contribution in [3.8, 4) is 0 Å². The maximum Gasteiger partial charge on any atom is 0.337 e. The molecule has 1 heterocycles. The number of nitrogens with zero attached hydrogens (tertiary/aromatic N) is 1. The molecule has 0 spiro atoms. The number of benzene rings is 3. The summed E-state index contributed by atoms with van der Waals surface area (Å²) in [7, 11) is -2.53. The molecule has 0 aromatic heterocycles. The zero-order valence-corrected chi connectivity index (χ0v) is 17.8. The van der Waals surface area contributed by atoms with Crippen molar-refractivity contribution >= 4 is 38.4 Å². The van der Waals surface area contributed by atoms with Gasteiger partial charge in [0.2, 0.25) is 15.9 Å². The molecule has 1 aliphatic rings. The molecule has 3 aromatic rings. The van der Waals surface area contributed by atoms with Gasteiger partial charge in [0.1, 0.15) is 6.04 Å². The van der Waals surface area contributed by atoms with Crippen LogP contribution in [0.5, 0.6) is 0 Å². The summed E-state index contributed by atoms with van der Waals surface area (Å²) < 4.78 is 32.5. The van der Waals surface area contributed by atoms with E-state index in [1.807, 2.05) is 24.3 Å². The molecule has 3 aromatic carbocycles. The Morgan fingerprint density at radius 1 is 1.00 bits per heavy atom. The molecule has 7 nitrogen and oxygen atoms in total. The van der Waals surface area contributed by atoms with E-state index >= 15 is 0 Å². The second-order valence-electron chi connectivity index (χ2n) is 7.34. The average Bonchev–Trinajstić information content (AvgIpc) is 3.30. The Kier molecular flexibility index (Phi) is 5.75. The Morgan fingerprint density at radius 2 is 1.71 bits per heavy atom. The van der Waals surface area contributed by atoms with Crippen LogP contribution in [0.1, 0.15) is 23.2 Å². The van der Waals surface area contributed by atoms with Crippen LogP contribution in [-0.2, 0) is 19.6 Å². The predicted octanol–water partition coefficient (Wildman–Crippen LogP) is 3.42. The highest BCUT2D eigenvalue weighted by Gasteiger charge is 2.39. The minimum absolute atomic E-state index is 0.174. The molecule has 160 valence electrons. The number of nitrogens with one attached hydrogen (secondary N) is 1. The summed E-state index contributed by atoms with van der Waals surface area (Å²) in [6, 6.07) is 18.0. The molecule has 0 bridgehead atoms. The summed E-state index contributed by atoms with van der Waals surface area (Å²) in [4.78, 5) is 24.6. The molecular weight excluding hydrogens is 416 g/mol. The van der Waals surface area contributed by atoms with Gasteiger partial charge < -0.3 is 10.1 Å². The number of amides is 1. The molecule has 1 saturated heterocycles. The standard InChI is InChI=1S/C23H22N2O5S/c1-30-23(27)17-8-11-19(12-9-17)24-22(26)21-7-4-14-25(21)31(28,29)20-13-10-16-5-2-3-6-18(16)15-20/h2-3,5-6,8-13,15,21H,4,7,14H2,1H3,(H,24,26). The van der Waals surface area contributed by atoms with E-state index in [0.717, 1.165) is 10.8 Å². The van der Waals surface area contributed by atoms with Gasteiger partial charge in [-0.3, -0.25) is 4.79 Å². The number of ether oxygens (including phenoxy) is 1. The lowest BCUT2D eigenvalue weighted by Crippen LogP contribution is -2.43. The fourth-order valence-corrected chi connectivity index (χ4v) is 5.48. The van der Waals surface area contributed by atoms with Gasteiger partial charge in [-0.2, -0.15) is 4.31 Å². The second-order valence-corrected chi connectivity index (χ2v) is 9.23. The molecule has 8 heteroatoms. The van der Waals surface area contributed by atoms with Gasteiger partial charge in [0.05, 0.1) is 17.6 Å². The number of carbonyl (C=O) groups excluding carboxylic acids is 2. The number of hydrogen-bond donors (Lipinski definition) is 1. The van der Waals surface area contributed by atoms with Crippen molar-refractivity contribution in [2.45, 2.75) is 23.8 Å². The largest absolute Gasteiger partial charge is 0.465 e. The van der Waals surface area contributed by atoms with Crippen molar-refractivity contribution < 1.29 is 22.7 Å². The molecule has 1 atom stereocenters. The number of methoxy groups -OCH3 is 1. The first kappa shape index (κ1) is 21.0. The maximum absolute atomic E-state index is 13.3. The van der Waals surface area contributed by atoms with Gasteiger partial charge in [0, 0.05) is 12.2 Å². The summed E-state index contributed by atoms with van der Waals surface area (Å²) in [5, 5.41) is 4.53. The van der Waals surface area contributed by atoms with Crippen LogP contribution >= 0.6 is 0 Å². The average molecular weight is 439 g/mol. The van der Waals surface area contributed by atoms with Crippen LogP contribution in [0.25, 0.3) is 10.8 Å². The normalized spacial score (nSPS) is 16.9. The van der Waals surface area contributed by atoms with E-state index in [9.17, 15) is 18.0 Å². The Hall–Kier alpha value is -3.23. The summed E-state index contributed by atoms with van der Waals surface area (Å²) in [6.45, 7) is 0.286. The number of esters is 1. The maximum atomic E-state index is 13.3. The number of carbonyl (C=O) groups is 2. The van der Waals surface area contributed by atoms with E-state index < -0.39 is 27.9 Å². The molecule has 0 saturated carbocycles. The summed E-state index contributed by atoms with van der Waals surface area (Å²) in [5.41, 5.74) is 0.842. The van der Waals surface area contributed by atoms with Gasteiger partial charge in [-0.1, -0.05) is 30.3 Å². The van der Waals surface area contributed by atoms with E-state index in [2.05, 4.69) is 10.1 Å². The second kappa shape index (κ2) is 8.49. The Balaban J connectivity index is 1.54. The monoisotopic (exact) mass is 438 g/mol. The molecule has 0 aliphatic carbocycles. The minimum Gasteiger partial charge on any atom is -0.465 e. The number of rotatable bonds is 5. The van der Waals surface area contributed by atoms with Crippen molar-refractivity contribution in [3.05, 3.63) is 72.3 Å². The van der Waals surface area contributed by atoms with E-state index in [4.69, 9.17) is 0 Å². The fraction of sp³-hybridized carbons (Fsp3) is 0.217. The minimum atomic E-state index is -3.83. The lowest BCUT2D eigenvalue weighted by atomic mass is 10.1. The topological polar surface area (TPSA) is 92.8 Å². The van der Waals surface area contributed by atoms with Gasteiger partial charge in [0.15, 0.2) is 0 Å². The summed E-state index contributed by atoms with van der Waals surface area (Å²) in [6.07, 6.45) is 1.05. The van der Waals surface area contributed by atoms with E-state index in [1.54, 1.807) is 42.5 Å². The van der Waals surface area contributed by atoms with Crippen molar-refractivity contribution in [1.29, 1.82) is 0 Å². The summed E-state index contributed by atoms with van der Waals surface area (Å²) in [5.74, 6) is -0.867. The van der Waals surface area contributed by atoms with E-state index in [1.165, 1.54) is 11.4 Å². The molecule has 1 unspecified atom stereocenters. The molecule has 1 fully saturated rings. The highest BCUT2D eigenvalue weighted by molar-refractivity contribution is 7.89. The van der Waals surface area contributed by atoms with Crippen LogP contribution in [0.4, 0.5) is 5.69 Å². The molecule has 1 aliphatic heterocycles. The van der Waals surface area contributed by atoms with Crippen LogP contribution in [-0.4, -0.2) is 44.3 Å². The van der Waals surface area contributed by atoms with Crippen LogP contribution in [0.15, 0.2) is 71.6 Å². The lowest BCUT2D eigenvalue weighted by Gasteiger charge is -2.23. The molecule has 4 rings (SSSR count). The van der Waals surface area contributed by atoms with E-state index in [0.29, 0.717) is 24.1 Å². The first-order valence-electron chi connectivity index (χ1n) is 9.90. The molecule has 0 radical (unpaired) electrons. The van der Waals surface area contributed by atoms with Crippen LogP contribution < -0.4 is 5.32 Å². The van der Waals surface area contributed by atoms with Gasteiger partial charge in [-0.25, -0.2) is 13.2 Å². The number of hydrogen-bond acceptors (Lipinski definition) is 5. The third-order valence-corrected chi connectivity index (χ3v) is 7.31. The number of anilines is 1. The first-order valence-corrected chi connectivity index (χ1v) is 11.3. The van der Waals surface area contributed by atoms with Crippen LogP contribution in [0.3, 0.4) is 0 Å². The molecule has 1 N–H and O–H groups in total. The Labute approximate surface area is 180 Å². The van der Waals surface area contributed by atoms with Gasteiger partial charge in [-0.15, -0.1) is 0 Å². The number of fused-ring (bicyclic) bond motifs is 1.